The topological polar surface area (TPSA) is 67.4 Å². The van der Waals surface area contributed by atoms with Gasteiger partial charge in [-0.2, -0.15) is 0 Å². The maximum atomic E-state index is 13.5. The number of hydrogen-bond acceptors (Lipinski definition) is 3. The fourth-order valence-electron chi connectivity index (χ4n) is 12.9. The van der Waals surface area contributed by atoms with Crippen LogP contribution in [0.4, 0.5) is 0 Å². The Morgan fingerprint density at radius 2 is 0.459 bits per heavy atom. The lowest BCUT2D eigenvalue weighted by atomic mass is 10.0. The van der Waals surface area contributed by atoms with Crippen LogP contribution < -0.4 is 15.4 Å². The number of hydrogen-bond donors (Lipinski definition) is 2. The van der Waals surface area contributed by atoms with E-state index in [-0.39, 0.29) is 11.8 Å². The van der Waals surface area contributed by atoms with Crippen molar-refractivity contribution in [3.8, 4) is 5.75 Å². The van der Waals surface area contributed by atoms with Crippen molar-refractivity contribution in [3.05, 3.63) is 29.3 Å². The summed E-state index contributed by atoms with van der Waals surface area (Å²) in [5, 5.41) is 6.34. The van der Waals surface area contributed by atoms with E-state index in [1.807, 2.05) is 18.2 Å². The highest BCUT2D eigenvalue weighted by Crippen LogP contribution is 2.24. The molecule has 0 bridgehead atoms. The number of rotatable bonds is 72. The SMILES string of the molecule is CCCCCCCCCCCCCCCCCCCCCCCCCCCCCCNC(=O)c1ccc(C(=O)NCCCCCCCCCCCCCCCCCCCCCCCCCCCCCC)c(OCCCCCCCCCCCC)c1. The lowest BCUT2D eigenvalue weighted by molar-refractivity contribution is 0.0937. The van der Waals surface area contributed by atoms with Crippen LogP contribution in [0.15, 0.2) is 18.2 Å². The summed E-state index contributed by atoms with van der Waals surface area (Å²) in [4.78, 5) is 26.9. The fraction of sp³-hybridized carbons (Fsp3) is 0.900. The van der Waals surface area contributed by atoms with Crippen molar-refractivity contribution in [1.29, 1.82) is 0 Å². The largest absolute Gasteiger partial charge is 0.493 e. The molecule has 5 heteroatoms. The van der Waals surface area contributed by atoms with Gasteiger partial charge in [-0.3, -0.25) is 9.59 Å². The van der Waals surface area contributed by atoms with E-state index in [0.29, 0.717) is 36.6 Å². The number of amides is 2. The molecule has 5 nitrogen and oxygen atoms in total. The Bertz CT molecular complexity index is 1480. The van der Waals surface area contributed by atoms with Crippen LogP contribution in [0.25, 0.3) is 0 Å². The molecule has 0 fully saturated rings. The van der Waals surface area contributed by atoms with Gasteiger partial charge in [0.25, 0.3) is 11.8 Å². The molecule has 0 atom stereocenters. The van der Waals surface area contributed by atoms with E-state index >= 15 is 0 Å². The molecular weight excluding hydrogens is 1040 g/mol. The van der Waals surface area contributed by atoms with Gasteiger partial charge in [0.1, 0.15) is 5.75 Å². The highest BCUT2D eigenvalue weighted by atomic mass is 16.5. The summed E-state index contributed by atoms with van der Waals surface area (Å²) < 4.78 is 6.31. The summed E-state index contributed by atoms with van der Waals surface area (Å²) in [6.45, 7) is 8.83. The average Bonchev–Trinajstić information content (AvgIpc) is 3.52. The molecule has 0 saturated carbocycles. The van der Waals surface area contributed by atoms with Crippen LogP contribution in [0.5, 0.6) is 5.75 Å². The van der Waals surface area contributed by atoms with Crippen molar-refractivity contribution < 1.29 is 14.3 Å². The van der Waals surface area contributed by atoms with E-state index in [2.05, 4.69) is 31.4 Å². The summed E-state index contributed by atoms with van der Waals surface area (Å²) in [5.41, 5.74) is 1.13. The van der Waals surface area contributed by atoms with Crippen molar-refractivity contribution in [3.63, 3.8) is 0 Å². The molecule has 500 valence electrons. The molecule has 0 spiro atoms. The predicted molar refractivity (Wildman–Crippen MR) is 378 cm³/mol. The first-order valence-corrected chi connectivity index (χ1v) is 39.5. The average molecular weight is 1190 g/mol. The molecule has 2 amide bonds. The van der Waals surface area contributed by atoms with Gasteiger partial charge in [-0.05, 0) is 37.5 Å². The van der Waals surface area contributed by atoms with Crippen LogP contribution in [0, 0.1) is 0 Å². The smallest absolute Gasteiger partial charge is 0.255 e. The fourth-order valence-corrected chi connectivity index (χ4v) is 12.9. The molecule has 85 heavy (non-hydrogen) atoms. The molecule has 0 aromatic heterocycles. The molecule has 1 aromatic rings. The third kappa shape index (κ3) is 59.4. The second kappa shape index (κ2) is 69.4. The lowest BCUT2D eigenvalue weighted by Gasteiger charge is -2.14. The van der Waals surface area contributed by atoms with Gasteiger partial charge >= 0.3 is 0 Å². The normalized spacial score (nSPS) is 11.5. The lowest BCUT2D eigenvalue weighted by Crippen LogP contribution is -2.26. The van der Waals surface area contributed by atoms with Gasteiger partial charge in [-0.1, -0.05) is 425 Å². The zero-order valence-electron chi connectivity index (χ0n) is 58.2. The van der Waals surface area contributed by atoms with Crippen molar-refractivity contribution in [2.75, 3.05) is 19.7 Å². The van der Waals surface area contributed by atoms with Gasteiger partial charge < -0.3 is 15.4 Å². The van der Waals surface area contributed by atoms with Gasteiger partial charge in [0.15, 0.2) is 0 Å². The standard InChI is InChI=1S/C80H152N2O3/c1-4-7-10-13-16-19-22-24-26-28-30-32-34-36-38-40-42-44-46-48-50-52-54-56-58-61-64-67-72-81-79(83)76-70-71-77(78(75-76)85-74-69-66-63-60-21-18-15-12-9-6-3)80(84)82-73-68-65-62-59-57-55-53-51-49-47-45-43-41-39-37-35-33-31-29-27-25-23-20-17-14-11-8-5-2/h70-71,75H,4-69,72-74H2,1-3H3,(H,81,83)(H,82,84). The Labute approximate surface area is 533 Å². The van der Waals surface area contributed by atoms with Crippen molar-refractivity contribution in [1.82, 2.24) is 10.6 Å². The van der Waals surface area contributed by atoms with Crippen LogP contribution >= 0.6 is 0 Å². The number of benzene rings is 1. The van der Waals surface area contributed by atoms with Gasteiger partial charge in [0.2, 0.25) is 0 Å². The van der Waals surface area contributed by atoms with E-state index in [9.17, 15) is 9.59 Å². The third-order valence-corrected chi connectivity index (χ3v) is 18.9. The minimum Gasteiger partial charge on any atom is -0.493 e. The molecule has 1 aromatic carbocycles. The first kappa shape index (κ1) is 81.0. The Morgan fingerprint density at radius 3 is 0.694 bits per heavy atom. The zero-order valence-corrected chi connectivity index (χ0v) is 58.2. The Morgan fingerprint density at radius 1 is 0.259 bits per heavy atom. The molecule has 0 aliphatic rings. The first-order valence-electron chi connectivity index (χ1n) is 39.5. The van der Waals surface area contributed by atoms with Crippen molar-refractivity contribution in [2.45, 2.75) is 445 Å². The molecule has 2 N–H and O–H groups in total. The second-order valence-electron chi connectivity index (χ2n) is 27.3. The summed E-state index contributed by atoms with van der Waals surface area (Å²) in [7, 11) is 0. The zero-order chi connectivity index (χ0) is 60.9. The van der Waals surface area contributed by atoms with Gasteiger partial charge in [0, 0.05) is 18.7 Å². The Hall–Kier alpha value is -2.04. The van der Waals surface area contributed by atoms with E-state index in [1.165, 1.54) is 385 Å². The van der Waals surface area contributed by atoms with Crippen LogP contribution in [0.1, 0.15) is 465 Å². The summed E-state index contributed by atoms with van der Waals surface area (Å²) in [5.74, 6) is 0.379. The van der Waals surface area contributed by atoms with E-state index < -0.39 is 0 Å². The molecule has 0 unspecified atom stereocenters. The predicted octanol–water partition coefficient (Wildman–Crippen LogP) is 27.3. The van der Waals surface area contributed by atoms with Crippen LogP contribution in [0.3, 0.4) is 0 Å². The van der Waals surface area contributed by atoms with E-state index in [1.54, 1.807) is 0 Å². The van der Waals surface area contributed by atoms with E-state index in [0.717, 1.165) is 38.5 Å². The first-order chi connectivity index (χ1) is 42.1. The summed E-state index contributed by atoms with van der Waals surface area (Å²) >= 11 is 0. The maximum Gasteiger partial charge on any atom is 0.255 e. The summed E-state index contributed by atoms with van der Waals surface area (Å²) in [6, 6.07) is 5.43. The Kier molecular flexibility index (Phi) is 66.1. The maximum absolute atomic E-state index is 13.5. The second-order valence-corrected chi connectivity index (χ2v) is 27.3. The van der Waals surface area contributed by atoms with Gasteiger partial charge in [0.05, 0.1) is 12.2 Å². The Balaban J connectivity index is 2.15. The van der Waals surface area contributed by atoms with Crippen molar-refractivity contribution >= 4 is 11.8 Å². The highest BCUT2D eigenvalue weighted by Gasteiger charge is 2.16. The van der Waals surface area contributed by atoms with Crippen molar-refractivity contribution in [2.24, 2.45) is 0 Å². The third-order valence-electron chi connectivity index (χ3n) is 18.9. The molecule has 0 aliphatic carbocycles. The van der Waals surface area contributed by atoms with Crippen LogP contribution in [-0.2, 0) is 0 Å². The molecule has 0 saturated heterocycles. The molecule has 0 aliphatic heterocycles. The monoisotopic (exact) mass is 1190 g/mol. The van der Waals surface area contributed by atoms with Crippen LogP contribution in [0.2, 0.25) is 0 Å². The number of carbonyl (C=O) groups is 2. The number of nitrogens with one attached hydrogen (secondary N) is 2. The summed E-state index contributed by atoms with van der Waals surface area (Å²) in [6.07, 6.45) is 91.1. The van der Waals surface area contributed by atoms with Gasteiger partial charge in [-0.25, -0.2) is 0 Å². The highest BCUT2D eigenvalue weighted by molar-refractivity contribution is 6.00. The number of ether oxygens (including phenoxy) is 1. The minimum absolute atomic E-state index is 0.0725. The minimum atomic E-state index is -0.0917. The molecule has 0 heterocycles. The van der Waals surface area contributed by atoms with E-state index in [4.69, 9.17) is 4.74 Å². The quantitative estimate of drug-likeness (QED) is 0.0639. The number of carbonyl (C=O) groups excluding carboxylic acids is 2. The molecule has 1 rings (SSSR count). The number of unbranched alkanes of at least 4 members (excludes halogenated alkanes) is 63. The van der Waals surface area contributed by atoms with Gasteiger partial charge in [-0.15, -0.1) is 0 Å². The molecule has 0 radical (unpaired) electrons. The molecular formula is C80H152N2O3. The van der Waals surface area contributed by atoms with Crippen LogP contribution in [-0.4, -0.2) is 31.5 Å².